The SMILES string of the molecule is CNC(C)Cc1noc(-c2sc(COc3ccc(F)cc3)nc2C)n1. The largest absolute Gasteiger partial charge is 0.486 e. The number of benzene rings is 1. The van der Waals surface area contributed by atoms with Gasteiger partial charge in [-0.25, -0.2) is 9.37 Å². The number of nitrogens with zero attached hydrogens (tertiary/aromatic N) is 3. The van der Waals surface area contributed by atoms with Crippen LogP contribution in [0.25, 0.3) is 10.8 Å². The minimum Gasteiger partial charge on any atom is -0.486 e. The van der Waals surface area contributed by atoms with E-state index in [0.717, 1.165) is 15.6 Å². The van der Waals surface area contributed by atoms with Crippen LogP contribution in [0.5, 0.6) is 5.75 Å². The van der Waals surface area contributed by atoms with E-state index in [4.69, 9.17) is 9.26 Å². The second-order valence-corrected chi connectivity index (χ2v) is 6.76. The van der Waals surface area contributed by atoms with E-state index in [-0.39, 0.29) is 11.9 Å². The Balaban J connectivity index is 1.68. The fourth-order valence-corrected chi connectivity index (χ4v) is 3.09. The molecule has 1 aromatic carbocycles. The van der Waals surface area contributed by atoms with E-state index >= 15 is 0 Å². The summed E-state index contributed by atoms with van der Waals surface area (Å²) in [6.45, 7) is 4.25. The van der Waals surface area contributed by atoms with E-state index in [1.165, 1.54) is 23.5 Å². The average molecular weight is 362 g/mol. The van der Waals surface area contributed by atoms with Crippen molar-refractivity contribution in [1.29, 1.82) is 0 Å². The monoisotopic (exact) mass is 362 g/mol. The highest BCUT2D eigenvalue weighted by Crippen LogP contribution is 2.29. The molecule has 1 atom stereocenters. The van der Waals surface area contributed by atoms with Gasteiger partial charge < -0.3 is 14.6 Å². The molecule has 1 unspecified atom stereocenters. The number of likely N-dealkylation sites (N-methyl/N-ethyl adjacent to an activating group) is 1. The lowest BCUT2D eigenvalue weighted by atomic mass is 10.2. The standard InChI is InChI=1S/C17H19FN4O2S/c1-10(19-3)8-14-21-17(24-22-14)16-11(2)20-15(25-16)9-23-13-6-4-12(18)5-7-13/h4-7,10,19H,8-9H2,1-3H3. The normalized spacial score (nSPS) is 12.3. The first kappa shape index (κ1) is 17.5. The number of rotatable bonds is 7. The van der Waals surface area contributed by atoms with Gasteiger partial charge in [0.05, 0.1) is 5.69 Å². The van der Waals surface area contributed by atoms with Gasteiger partial charge in [-0.05, 0) is 45.2 Å². The summed E-state index contributed by atoms with van der Waals surface area (Å²) in [5.41, 5.74) is 0.819. The van der Waals surface area contributed by atoms with Gasteiger partial charge in [0.25, 0.3) is 5.89 Å². The third kappa shape index (κ3) is 4.40. The minimum absolute atomic E-state index is 0.271. The predicted octanol–water partition coefficient (Wildman–Crippen LogP) is 3.37. The van der Waals surface area contributed by atoms with Crippen molar-refractivity contribution in [2.75, 3.05) is 7.05 Å². The number of hydrogen-bond acceptors (Lipinski definition) is 7. The summed E-state index contributed by atoms with van der Waals surface area (Å²) in [5, 5.41) is 7.95. The summed E-state index contributed by atoms with van der Waals surface area (Å²) in [7, 11) is 1.90. The maximum atomic E-state index is 12.9. The van der Waals surface area contributed by atoms with Crippen LogP contribution in [0.3, 0.4) is 0 Å². The van der Waals surface area contributed by atoms with Gasteiger partial charge in [0.2, 0.25) is 0 Å². The molecule has 25 heavy (non-hydrogen) atoms. The van der Waals surface area contributed by atoms with Crippen LogP contribution in [0.2, 0.25) is 0 Å². The molecule has 0 aliphatic carbocycles. The molecule has 0 bridgehead atoms. The molecule has 0 amide bonds. The molecule has 0 saturated heterocycles. The topological polar surface area (TPSA) is 73.1 Å². The van der Waals surface area contributed by atoms with Gasteiger partial charge >= 0.3 is 0 Å². The summed E-state index contributed by atoms with van der Waals surface area (Å²) in [5.74, 6) is 1.44. The summed E-state index contributed by atoms with van der Waals surface area (Å²) >= 11 is 1.45. The highest BCUT2D eigenvalue weighted by atomic mass is 32.1. The molecule has 2 heterocycles. The molecule has 1 N–H and O–H groups in total. The smallest absolute Gasteiger partial charge is 0.269 e. The van der Waals surface area contributed by atoms with Crippen molar-refractivity contribution in [3.05, 3.63) is 46.6 Å². The van der Waals surface area contributed by atoms with Crippen molar-refractivity contribution in [2.24, 2.45) is 0 Å². The van der Waals surface area contributed by atoms with Crippen LogP contribution >= 0.6 is 11.3 Å². The summed E-state index contributed by atoms with van der Waals surface area (Å²) in [6, 6.07) is 6.17. The zero-order valence-corrected chi connectivity index (χ0v) is 15.1. The van der Waals surface area contributed by atoms with Crippen molar-refractivity contribution < 1.29 is 13.7 Å². The molecule has 3 rings (SSSR count). The van der Waals surface area contributed by atoms with Crippen LogP contribution in [0.15, 0.2) is 28.8 Å². The van der Waals surface area contributed by atoms with Crippen LogP contribution in [-0.2, 0) is 13.0 Å². The van der Waals surface area contributed by atoms with Crippen LogP contribution in [-0.4, -0.2) is 28.2 Å². The number of nitrogens with one attached hydrogen (secondary N) is 1. The Labute approximate surface area is 149 Å². The Bertz CT molecular complexity index is 832. The Hall–Kier alpha value is -2.32. The first-order valence-electron chi connectivity index (χ1n) is 7.90. The van der Waals surface area contributed by atoms with E-state index in [2.05, 4.69) is 27.4 Å². The maximum absolute atomic E-state index is 12.9. The molecular formula is C17H19FN4O2S. The predicted molar refractivity (Wildman–Crippen MR) is 93.1 cm³/mol. The Morgan fingerprint density at radius 3 is 2.76 bits per heavy atom. The number of ether oxygens (including phenoxy) is 1. The van der Waals surface area contributed by atoms with Crippen LogP contribution in [0, 0.1) is 12.7 Å². The van der Waals surface area contributed by atoms with E-state index in [0.29, 0.717) is 30.5 Å². The quantitative estimate of drug-likeness (QED) is 0.695. The first-order chi connectivity index (χ1) is 12.0. The molecule has 0 saturated carbocycles. The Kier molecular flexibility index (Phi) is 5.40. The van der Waals surface area contributed by atoms with Crippen LogP contribution in [0.1, 0.15) is 23.4 Å². The summed E-state index contributed by atoms with van der Waals surface area (Å²) in [6.07, 6.45) is 0.693. The second-order valence-electron chi connectivity index (χ2n) is 5.67. The molecule has 0 fully saturated rings. The number of hydrogen-bond donors (Lipinski definition) is 1. The second kappa shape index (κ2) is 7.71. The van der Waals surface area contributed by atoms with Crippen LogP contribution in [0.4, 0.5) is 4.39 Å². The zero-order valence-electron chi connectivity index (χ0n) is 14.2. The van der Waals surface area contributed by atoms with Crippen molar-refractivity contribution in [1.82, 2.24) is 20.4 Å². The fraction of sp³-hybridized carbons (Fsp3) is 0.353. The molecule has 2 aromatic heterocycles. The summed E-state index contributed by atoms with van der Waals surface area (Å²) in [4.78, 5) is 9.77. The Morgan fingerprint density at radius 2 is 2.04 bits per heavy atom. The maximum Gasteiger partial charge on any atom is 0.269 e. The molecule has 3 aromatic rings. The van der Waals surface area contributed by atoms with Crippen molar-refractivity contribution in [2.45, 2.75) is 32.9 Å². The molecule has 0 radical (unpaired) electrons. The molecular weight excluding hydrogens is 343 g/mol. The van der Waals surface area contributed by atoms with Gasteiger partial charge in [0.15, 0.2) is 5.82 Å². The number of aryl methyl sites for hydroxylation is 1. The van der Waals surface area contributed by atoms with E-state index in [9.17, 15) is 4.39 Å². The molecule has 132 valence electrons. The molecule has 8 heteroatoms. The van der Waals surface area contributed by atoms with E-state index in [1.54, 1.807) is 12.1 Å². The minimum atomic E-state index is -0.292. The Morgan fingerprint density at radius 1 is 1.28 bits per heavy atom. The molecule has 0 aliphatic rings. The number of thiazole rings is 1. The van der Waals surface area contributed by atoms with E-state index < -0.39 is 0 Å². The van der Waals surface area contributed by atoms with Gasteiger partial charge in [-0.1, -0.05) is 5.16 Å². The highest BCUT2D eigenvalue weighted by Gasteiger charge is 2.17. The molecule has 6 nitrogen and oxygen atoms in total. The van der Waals surface area contributed by atoms with Gasteiger partial charge in [0.1, 0.15) is 28.1 Å². The lowest BCUT2D eigenvalue weighted by Gasteiger charge is -2.04. The first-order valence-corrected chi connectivity index (χ1v) is 8.71. The lowest BCUT2D eigenvalue weighted by molar-refractivity contribution is 0.305. The molecule has 0 spiro atoms. The number of aromatic nitrogens is 3. The average Bonchev–Trinajstić information content (AvgIpc) is 3.20. The third-order valence-electron chi connectivity index (χ3n) is 3.66. The zero-order chi connectivity index (χ0) is 17.8. The third-order valence-corrected chi connectivity index (χ3v) is 4.78. The van der Waals surface area contributed by atoms with Crippen LogP contribution < -0.4 is 10.1 Å². The van der Waals surface area contributed by atoms with Gasteiger partial charge in [0, 0.05) is 12.5 Å². The van der Waals surface area contributed by atoms with Crippen molar-refractivity contribution in [3.63, 3.8) is 0 Å². The van der Waals surface area contributed by atoms with E-state index in [1.807, 2.05) is 14.0 Å². The summed E-state index contributed by atoms with van der Waals surface area (Å²) < 4.78 is 23.9. The lowest BCUT2D eigenvalue weighted by Crippen LogP contribution is -2.24. The van der Waals surface area contributed by atoms with Gasteiger partial charge in [-0.3, -0.25) is 0 Å². The van der Waals surface area contributed by atoms with Crippen molar-refractivity contribution in [3.8, 4) is 16.5 Å². The highest BCUT2D eigenvalue weighted by molar-refractivity contribution is 7.15. The van der Waals surface area contributed by atoms with Crippen molar-refractivity contribution >= 4 is 11.3 Å². The number of halogens is 1. The molecule has 0 aliphatic heterocycles. The van der Waals surface area contributed by atoms with Gasteiger partial charge in [-0.2, -0.15) is 4.98 Å². The van der Waals surface area contributed by atoms with Gasteiger partial charge in [-0.15, -0.1) is 11.3 Å². The fourth-order valence-electron chi connectivity index (χ4n) is 2.19.